The van der Waals surface area contributed by atoms with Crippen LogP contribution >= 0.6 is 0 Å². The van der Waals surface area contributed by atoms with Crippen LogP contribution in [-0.4, -0.2) is 16.8 Å². The van der Waals surface area contributed by atoms with E-state index in [-0.39, 0.29) is 6.04 Å². The Labute approximate surface area is 104 Å². The van der Waals surface area contributed by atoms with E-state index in [0.717, 1.165) is 18.2 Å². The highest BCUT2D eigenvalue weighted by Crippen LogP contribution is 2.24. The molecule has 0 fully saturated rings. The molecule has 0 radical (unpaired) electrons. The number of aryl methyl sites for hydroxylation is 1. The van der Waals surface area contributed by atoms with Gasteiger partial charge in [0.2, 0.25) is 0 Å². The lowest BCUT2D eigenvalue weighted by atomic mass is 10.0. The minimum atomic E-state index is -0.574. The molecule has 5 heteroatoms. The van der Waals surface area contributed by atoms with Gasteiger partial charge in [0.15, 0.2) is 0 Å². The van der Waals surface area contributed by atoms with Gasteiger partial charge < -0.3 is 5.32 Å². The maximum atomic E-state index is 13.8. The van der Waals surface area contributed by atoms with E-state index in [2.05, 4.69) is 10.4 Å². The summed E-state index contributed by atoms with van der Waals surface area (Å²) < 4.78 is 28.4. The number of nitrogens with one attached hydrogen (secondary N) is 1. The first-order chi connectivity index (χ1) is 8.65. The van der Waals surface area contributed by atoms with Gasteiger partial charge in [-0.25, -0.2) is 8.78 Å². The summed E-state index contributed by atoms with van der Waals surface area (Å²) in [5.74, 6) is -1.13. The minimum absolute atomic E-state index is 0.328. The molecule has 1 aromatic carbocycles. The van der Waals surface area contributed by atoms with E-state index in [1.165, 1.54) is 12.1 Å². The third kappa shape index (κ3) is 2.41. The lowest BCUT2D eigenvalue weighted by Gasteiger charge is -2.15. The second-order valence-corrected chi connectivity index (χ2v) is 4.02. The van der Waals surface area contributed by atoms with Crippen LogP contribution in [0.15, 0.2) is 30.6 Å². The van der Waals surface area contributed by atoms with Crippen molar-refractivity contribution in [1.29, 1.82) is 0 Å². The summed E-state index contributed by atoms with van der Waals surface area (Å²) in [6.07, 6.45) is 3.54. The van der Waals surface area contributed by atoms with Crippen LogP contribution in [-0.2, 0) is 6.54 Å². The van der Waals surface area contributed by atoms with Crippen molar-refractivity contribution >= 4 is 0 Å². The molecule has 96 valence electrons. The Morgan fingerprint density at radius 1 is 1.39 bits per heavy atom. The highest BCUT2D eigenvalue weighted by Gasteiger charge is 2.18. The number of benzene rings is 1. The van der Waals surface area contributed by atoms with Gasteiger partial charge in [0.25, 0.3) is 0 Å². The zero-order valence-corrected chi connectivity index (χ0v) is 10.3. The van der Waals surface area contributed by atoms with Crippen LogP contribution in [0, 0.1) is 11.6 Å². The zero-order chi connectivity index (χ0) is 13.1. The molecule has 1 aromatic heterocycles. The Bertz CT molecular complexity index is 537. The Balaban J connectivity index is 2.38. The predicted octanol–water partition coefficient (Wildman–Crippen LogP) is 2.49. The monoisotopic (exact) mass is 251 g/mol. The Hall–Kier alpha value is -1.75. The van der Waals surface area contributed by atoms with Gasteiger partial charge in [-0.3, -0.25) is 4.68 Å². The SMILES string of the molecule is CCn1cc(C(NC)c2ccc(F)cc2F)cn1. The van der Waals surface area contributed by atoms with E-state index < -0.39 is 11.6 Å². The second kappa shape index (κ2) is 5.27. The molecule has 0 aliphatic rings. The Morgan fingerprint density at radius 3 is 2.72 bits per heavy atom. The third-order valence-electron chi connectivity index (χ3n) is 2.87. The second-order valence-electron chi connectivity index (χ2n) is 4.02. The number of halogens is 2. The molecule has 18 heavy (non-hydrogen) atoms. The summed E-state index contributed by atoms with van der Waals surface area (Å²) >= 11 is 0. The average Bonchev–Trinajstić information content (AvgIpc) is 2.81. The van der Waals surface area contributed by atoms with Crippen molar-refractivity contribution in [2.24, 2.45) is 0 Å². The summed E-state index contributed by atoms with van der Waals surface area (Å²) in [6.45, 7) is 2.73. The van der Waals surface area contributed by atoms with Gasteiger partial charge in [0.05, 0.1) is 12.2 Å². The summed E-state index contributed by atoms with van der Waals surface area (Å²) in [6, 6.07) is 3.28. The van der Waals surface area contributed by atoms with E-state index in [1.807, 2.05) is 13.1 Å². The van der Waals surface area contributed by atoms with E-state index in [9.17, 15) is 8.78 Å². The average molecular weight is 251 g/mol. The molecule has 1 unspecified atom stereocenters. The van der Waals surface area contributed by atoms with Crippen molar-refractivity contribution in [3.05, 3.63) is 53.4 Å². The fourth-order valence-electron chi connectivity index (χ4n) is 1.94. The molecule has 1 atom stereocenters. The van der Waals surface area contributed by atoms with Crippen LogP contribution < -0.4 is 5.32 Å². The molecule has 1 heterocycles. The molecule has 0 aliphatic carbocycles. The summed E-state index contributed by atoms with van der Waals surface area (Å²) in [5.41, 5.74) is 1.26. The zero-order valence-electron chi connectivity index (χ0n) is 10.3. The highest BCUT2D eigenvalue weighted by atomic mass is 19.1. The molecule has 3 nitrogen and oxygen atoms in total. The normalized spacial score (nSPS) is 12.7. The maximum Gasteiger partial charge on any atom is 0.131 e. The first-order valence-electron chi connectivity index (χ1n) is 5.80. The van der Waals surface area contributed by atoms with E-state index in [1.54, 1.807) is 17.9 Å². The van der Waals surface area contributed by atoms with Gasteiger partial charge in [-0.1, -0.05) is 6.07 Å². The molecular weight excluding hydrogens is 236 g/mol. The number of nitrogens with zero attached hydrogens (tertiary/aromatic N) is 2. The van der Waals surface area contributed by atoms with Gasteiger partial charge in [0, 0.05) is 29.9 Å². The molecule has 2 rings (SSSR count). The van der Waals surface area contributed by atoms with Crippen LogP contribution in [0.2, 0.25) is 0 Å². The fourth-order valence-corrected chi connectivity index (χ4v) is 1.94. The van der Waals surface area contributed by atoms with Gasteiger partial charge in [-0.15, -0.1) is 0 Å². The molecule has 0 saturated carbocycles. The highest BCUT2D eigenvalue weighted by molar-refractivity contribution is 5.30. The van der Waals surface area contributed by atoms with Gasteiger partial charge in [-0.2, -0.15) is 5.10 Å². The van der Waals surface area contributed by atoms with Crippen molar-refractivity contribution in [2.45, 2.75) is 19.5 Å². The van der Waals surface area contributed by atoms with Crippen molar-refractivity contribution in [3.8, 4) is 0 Å². The standard InChI is InChI=1S/C13H15F2N3/c1-3-18-8-9(7-17-18)13(16-2)11-5-4-10(14)6-12(11)15/h4-8,13,16H,3H2,1-2H3. The smallest absolute Gasteiger partial charge is 0.131 e. The third-order valence-corrected chi connectivity index (χ3v) is 2.87. The van der Waals surface area contributed by atoms with E-state index in [0.29, 0.717) is 5.56 Å². The number of aromatic nitrogens is 2. The molecule has 0 spiro atoms. The number of rotatable bonds is 4. The van der Waals surface area contributed by atoms with Crippen LogP contribution in [0.5, 0.6) is 0 Å². The summed E-state index contributed by atoms with van der Waals surface area (Å²) in [5, 5.41) is 7.17. The molecule has 0 aliphatic heterocycles. The van der Waals surface area contributed by atoms with Crippen molar-refractivity contribution in [2.75, 3.05) is 7.05 Å². The van der Waals surface area contributed by atoms with Crippen LogP contribution in [0.1, 0.15) is 24.1 Å². The van der Waals surface area contributed by atoms with Gasteiger partial charge in [0.1, 0.15) is 11.6 Å². The quantitative estimate of drug-likeness (QED) is 0.904. The first-order valence-corrected chi connectivity index (χ1v) is 5.80. The van der Waals surface area contributed by atoms with Crippen LogP contribution in [0.25, 0.3) is 0 Å². The Kier molecular flexibility index (Phi) is 3.72. The van der Waals surface area contributed by atoms with Gasteiger partial charge >= 0.3 is 0 Å². The Morgan fingerprint density at radius 2 is 2.17 bits per heavy atom. The number of hydrogen-bond donors (Lipinski definition) is 1. The predicted molar refractivity (Wildman–Crippen MR) is 65.2 cm³/mol. The molecule has 1 N–H and O–H groups in total. The molecule has 0 bridgehead atoms. The summed E-state index contributed by atoms with van der Waals surface area (Å²) in [4.78, 5) is 0. The van der Waals surface area contributed by atoms with E-state index in [4.69, 9.17) is 0 Å². The molecule has 2 aromatic rings. The largest absolute Gasteiger partial charge is 0.309 e. The maximum absolute atomic E-state index is 13.8. The molecular formula is C13H15F2N3. The molecule has 0 saturated heterocycles. The van der Waals surface area contributed by atoms with Crippen LogP contribution in [0.4, 0.5) is 8.78 Å². The van der Waals surface area contributed by atoms with Crippen LogP contribution in [0.3, 0.4) is 0 Å². The minimum Gasteiger partial charge on any atom is -0.309 e. The topological polar surface area (TPSA) is 29.9 Å². The van der Waals surface area contributed by atoms with Crippen molar-refractivity contribution < 1.29 is 8.78 Å². The number of hydrogen-bond acceptors (Lipinski definition) is 2. The van der Waals surface area contributed by atoms with Crippen molar-refractivity contribution in [3.63, 3.8) is 0 Å². The van der Waals surface area contributed by atoms with Gasteiger partial charge in [-0.05, 0) is 20.0 Å². The lowest BCUT2D eigenvalue weighted by molar-refractivity contribution is 0.551. The lowest BCUT2D eigenvalue weighted by Crippen LogP contribution is -2.18. The first kappa shape index (κ1) is 12.7. The molecule has 0 amide bonds. The van der Waals surface area contributed by atoms with Crippen molar-refractivity contribution in [1.82, 2.24) is 15.1 Å². The van der Waals surface area contributed by atoms with E-state index >= 15 is 0 Å². The summed E-state index contributed by atoms with van der Waals surface area (Å²) in [7, 11) is 1.73. The fraction of sp³-hybridized carbons (Fsp3) is 0.308.